The predicted molar refractivity (Wildman–Crippen MR) is 110 cm³/mol. The SMILES string of the molecule is CCCn1c(=O)c2sccc2n(CC(=O)Nc2c(C)cc(C)cc2C)c1=O. The number of nitrogens with zero attached hydrogens (tertiary/aromatic N) is 2. The molecule has 7 heteroatoms. The maximum atomic E-state index is 12.8. The number of aromatic nitrogens is 2. The van der Waals surface area contributed by atoms with Crippen LogP contribution in [0.4, 0.5) is 5.69 Å². The molecule has 0 bridgehead atoms. The quantitative estimate of drug-likeness (QED) is 0.733. The van der Waals surface area contributed by atoms with Gasteiger partial charge in [-0.1, -0.05) is 24.6 Å². The zero-order chi connectivity index (χ0) is 19.7. The fourth-order valence-corrected chi connectivity index (χ4v) is 4.25. The van der Waals surface area contributed by atoms with Gasteiger partial charge >= 0.3 is 5.69 Å². The van der Waals surface area contributed by atoms with Gasteiger partial charge in [-0.3, -0.25) is 18.7 Å². The highest BCUT2D eigenvalue weighted by molar-refractivity contribution is 7.17. The van der Waals surface area contributed by atoms with Gasteiger partial charge in [-0.2, -0.15) is 0 Å². The molecule has 3 aromatic rings. The van der Waals surface area contributed by atoms with Crippen LogP contribution in [0.1, 0.15) is 30.0 Å². The summed E-state index contributed by atoms with van der Waals surface area (Å²) in [5.74, 6) is -0.290. The molecule has 0 unspecified atom stereocenters. The molecule has 2 heterocycles. The summed E-state index contributed by atoms with van der Waals surface area (Å²) in [6.07, 6.45) is 0.667. The fourth-order valence-electron chi connectivity index (χ4n) is 3.41. The summed E-state index contributed by atoms with van der Waals surface area (Å²) in [5, 5.41) is 4.69. The van der Waals surface area contributed by atoms with Gasteiger partial charge in [-0.25, -0.2) is 4.79 Å². The normalized spacial score (nSPS) is 11.1. The third-order valence-corrected chi connectivity index (χ3v) is 5.42. The molecule has 27 heavy (non-hydrogen) atoms. The van der Waals surface area contributed by atoms with Crippen LogP contribution in [-0.2, 0) is 17.9 Å². The minimum atomic E-state index is -0.444. The first-order valence-corrected chi connectivity index (χ1v) is 9.80. The minimum Gasteiger partial charge on any atom is -0.324 e. The van der Waals surface area contributed by atoms with Crippen molar-refractivity contribution in [2.45, 2.75) is 47.2 Å². The van der Waals surface area contributed by atoms with Crippen molar-refractivity contribution in [1.82, 2.24) is 9.13 Å². The second-order valence-corrected chi connectivity index (χ2v) is 7.70. The second-order valence-electron chi connectivity index (χ2n) is 6.78. The first-order chi connectivity index (χ1) is 12.8. The predicted octanol–water partition coefficient (Wildman–Crippen LogP) is 3.20. The van der Waals surface area contributed by atoms with Crippen LogP contribution in [0.3, 0.4) is 0 Å². The molecule has 0 aliphatic carbocycles. The highest BCUT2D eigenvalue weighted by atomic mass is 32.1. The molecule has 0 radical (unpaired) electrons. The van der Waals surface area contributed by atoms with Gasteiger partial charge in [0.2, 0.25) is 5.91 Å². The van der Waals surface area contributed by atoms with Crippen molar-refractivity contribution in [1.29, 1.82) is 0 Å². The number of carbonyl (C=O) groups excluding carboxylic acids is 1. The van der Waals surface area contributed by atoms with Crippen LogP contribution in [0.25, 0.3) is 10.2 Å². The van der Waals surface area contributed by atoms with E-state index < -0.39 is 5.69 Å². The van der Waals surface area contributed by atoms with Crippen molar-refractivity contribution in [3.05, 3.63) is 61.1 Å². The van der Waals surface area contributed by atoms with Crippen LogP contribution < -0.4 is 16.6 Å². The smallest absolute Gasteiger partial charge is 0.324 e. The van der Waals surface area contributed by atoms with Gasteiger partial charge in [-0.05, 0) is 49.8 Å². The van der Waals surface area contributed by atoms with E-state index in [4.69, 9.17) is 0 Å². The van der Waals surface area contributed by atoms with Gasteiger partial charge in [0, 0.05) is 12.2 Å². The summed E-state index contributed by atoms with van der Waals surface area (Å²) >= 11 is 1.29. The van der Waals surface area contributed by atoms with Crippen LogP contribution in [0, 0.1) is 20.8 Å². The number of thiophene rings is 1. The molecule has 0 atom stereocenters. The molecule has 0 fully saturated rings. The molecule has 1 N–H and O–H groups in total. The van der Waals surface area contributed by atoms with Crippen molar-refractivity contribution in [3.8, 4) is 0 Å². The Morgan fingerprint density at radius 3 is 2.41 bits per heavy atom. The number of benzene rings is 1. The van der Waals surface area contributed by atoms with E-state index in [0.29, 0.717) is 23.2 Å². The molecule has 0 aliphatic heterocycles. The average Bonchev–Trinajstić information content (AvgIpc) is 3.08. The molecular weight excluding hydrogens is 362 g/mol. The molecule has 0 aliphatic rings. The van der Waals surface area contributed by atoms with Gasteiger partial charge in [0.1, 0.15) is 11.2 Å². The number of aryl methyl sites for hydroxylation is 3. The Balaban J connectivity index is 2.00. The third kappa shape index (κ3) is 3.60. The van der Waals surface area contributed by atoms with Crippen LogP contribution in [0.2, 0.25) is 0 Å². The Kier molecular flexibility index (Phi) is 5.32. The monoisotopic (exact) mass is 385 g/mol. The zero-order valence-corrected chi connectivity index (χ0v) is 16.8. The molecule has 1 amide bonds. The fraction of sp³-hybridized carbons (Fsp3) is 0.350. The Bertz CT molecular complexity index is 1110. The lowest BCUT2D eigenvalue weighted by atomic mass is 10.1. The summed E-state index contributed by atoms with van der Waals surface area (Å²) in [4.78, 5) is 38.0. The van der Waals surface area contributed by atoms with Crippen LogP contribution in [0.5, 0.6) is 0 Å². The standard InChI is InChI=1S/C20H23N3O3S/c1-5-7-22-19(25)18-15(6-8-27-18)23(20(22)26)11-16(24)21-17-13(3)9-12(2)10-14(17)4/h6,8-10H,5,7,11H2,1-4H3,(H,21,24). The van der Waals surface area contributed by atoms with E-state index in [9.17, 15) is 14.4 Å². The van der Waals surface area contributed by atoms with E-state index in [0.717, 1.165) is 22.4 Å². The van der Waals surface area contributed by atoms with Crippen LogP contribution >= 0.6 is 11.3 Å². The highest BCUT2D eigenvalue weighted by Gasteiger charge is 2.17. The van der Waals surface area contributed by atoms with Gasteiger partial charge in [0.15, 0.2) is 0 Å². The first-order valence-electron chi connectivity index (χ1n) is 8.92. The molecule has 142 valence electrons. The topological polar surface area (TPSA) is 73.1 Å². The van der Waals surface area contributed by atoms with Crippen molar-refractivity contribution in [3.63, 3.8) is 0 Å². The molecular formula is C20H23N3O3S. The van der Waals surface area contributed by atoms with E-state index in [1.54, 1.807) is 11.4 Å². The van der Waals surface area contributed by atoms with Crippen molar-refractivity contribution in [2.24, 2.45) is 0 Å². The molecule has 0 spiro atoms. The molecule has 3 rings (SSSR count). The van der Waals surface area contributed by atoms with E-state index in [1.807, 2.05) is 39.8 Å². The van der Waals surface area contributed by atoms with E-state index in [-0.39, 0.29) is 18.0 Å². The summed E-state index contributed by atoms with van der Waals surface area (Å²) in [7, 11) is 0. The van der Waals surface area contributed by atoms with Gasteiger partial charge in [0.25, 0.3) is 5.56 Å². The van der Waals surface area contributed by atoms with E-state index in [2.05, 4.69) is 5.32 Å². The summed E-state index contributed by atoms with van der Waals surface area (Å²) in [6, 6.07) is 5.73. The van der Waals surface area contributed by atoms with Crippen LogP contribution in [-0.4, -0.2) is 15.0 Å². The number of anilines is 1. The van der Waals surface area contributed by atoms with Crippen molar-refractivity contribution in [2.75, 3.05) is 5.32 Å². The summed E-state index contributed by atoms with van der Waals surface area (Å²) in [6.45, 7) is 8.01. The largest absolute Gasteiger partial charge is 0.332 e. The lowest BCUT2D eigenvalue weighted by Gasteiger charge is -2.15. The number of rotatable bonds is 5. The van der Waals surface area contributed by atoms with E-state index >= 15 is 0 Å². The highest BCUT2D eigenvalue weighted by Crippen LogP contribution is 2.22. The molecule has 0 saturated carbocycles. The van der Waals surface area contributed by atoms with Gasteiger partial charge < -0.3 is 5.32 Å². The minimum absolute atomic E-state index is 0.136. The number of fused-ring (bicyclic) bond motifs is 1. The zero-order valence-electron chi connectivity index (χ0n) is 16.0. The summed E-state index contributed by atoms with van der Waals surface area (Å²) in [5.41, 5.74) is 3.63. The number of nitrogens with one attached hydrogen (secondary N) is 1. The molecule has 0 saturated heterocycles. The third-order valence-electron chi connectivity index (χ3n) is 4.53. The first kappa shape index (κ1) is 19.1. The number of hydrogen-bond donors (Lipinski definition) is 1. The number of carbonyl (C=O) groups is 1. The van der Waals surface area contributed by atoms with Crippen molar-refractivity contribution < 1.29 is 4.79 Å². The molecule has 2 aromatic heterocycles. The number of amides is 1. The maximum Gasteiger partial charge on any atom is 0.332 e. The Morgan fingerprint density at radius 1 is 1.11 bits per heavy atom. The molecule has 6 nitrogen and oxygen atoms in total. The Hall–Kier alpha value is -2.67. The Morgan fingerprint density at radius 2 is 1.78 bits per heavy atom. The lowest BCUT2D eigenvalue weighted by Crippen LogP contribution is -2.41. The Labute approximate surface area is 161 Å². The lowest BCUT2D eigenvalue weighted by molar-refractivity contribution is -0.116. The van der Waals surface area contributed by atoms with Gasteiger partial charge in [-0.15, -0.1) is 11.3 Å². The summed E-state index contributed by atoms with van der Waals surface area (Å²) < 4.78 is 3.10. The molecule has 1 aromatic carbocycles. The van der Waals surface area contributed by atoms with E-state index in [1.165, 1.54) is 20.5 Å². The average molecular weight is 385 g/mol. The van der Waals surface area contributed by atoms with Crippen LogP contribution in [0.15, 0.2) is 33.2 Å². The van der Waals surface area contributed by atoms with Gasteiger partial charge in [0.05, 0.1) is 5.52 Å². The number of hydrogen-bond acceptors (Lipinski definition) is 4. The second kappa shape index (κ2) is 7.52. The maximum absolute atomic E-state index is 12.8. The van der Waals surface area contributed by atoms with Crippen molar-refractivity contribution >= 4 is 33.1 Å².